The molecule has 1 atom stereocenters. The topological polar surface area (TPSA) is 9.23 Å². The van der Waals surface area contributed by atoms with Gasteiger partial charge in [0.05, 0.1) is 7.11 Å². The van der Waals surface area contributed by atoms with Crippen molar-refractivity contribution in [1.82, 2.24) is 0 Å². The second-order valence-electron chi connectivity index (χ2n) is 5.04. The van der Waals surface area contributed by atoms with Gasteiger partial charge < -0.3 is 4.74 Å². The first kappa shape index (κ1) is 12.7. The lowest BCUT2D eigenvalue weighted by Crippen LogP contribution is -1.98. The average molecular weight is 262 g/mol. The fraction of sp³-hybridized carbons (Fsp3) is 0.158. The SMILES string of the molecule is COc1ccc(C(C)c2ccccc2)c2ccccc12. The number of rotatable bonds is 3. The zero-order valence-corrected chi connectivity index (χ0v) is 11.8. The van der Waals surface area contributed by atoms with Crippen molar-refractivity contribution in [3.8, 4) is 5.75 Å². The minimum Gasteiger partial charge on any atom is -0.496 e. The van der Waals surface area contributed by atoms with E-state index in [2.05, 4.69) is 73.7 Å². The smallest absolute Gasteiger partial charge is 0.126 e. The lowest BCUT2D eigenvalue weighted by Gasteiger charge is -2.16. The molecule has 3 rings (SSSR count). The Hall–Kier alpha value is -2.28. The highest BCUT2D eigenvalue weighted by Crippen LogP contribution is 2.34. The summed E-state index contributed by atoms with van der Waals surface area (Å²) in [4.78, 5) is 0. The van der Waals surface area contributed by atoms with Crippen LogP contribution in [0.25, 0.3) is 10.8 Å². The van der Waals surface area contributed by atoms with E-state index in [1.807, 2.05) is 0 Å². The van der Waals surface area contributed by atoms with Gasteiger partial charge in [-0.05, 0) is 22.6 Å². The molecule has 100 valence electrons. The highest BCUT2D eigenvalue weighted by atomic mass is 16.5. The van der Waals surface area contributed by atoms with E-state index < -0.39 is 0 Å². The summed E-state index contributed by atoms with van der Waals surface area (Å²) in [5.74, 6) is 1.30. The number of hydrogen-bond acceptors (Lipinski definition) is 1. The number of hydrogen-bond donors (Lipinski definition) is 0. The van der Waals surface area contributed by atoms with Gasteiger partial charge in [0, 0.05) is 11.3 Å². The first-order valence-corrected chi connectivity index (χ1v) is 6.92. The molecule has 0 saturated carbocycles. The van der Waals surface area contributed by atoms with Crippen molar-refractivity contribution >= 4 is 10.8 Å². The van der Waals surface area contributed by atoms with Gasteiger partial charge >= 0.3 is 0 Å². The van der Waals surface area contributed by atoms with Crippen molar-refractivity contribution in [2.75, 3.05) is 7.11 Å². The van der Waals surface area contributed by atoms with Gasteiger partial charge in [0.1, 0.15) is 5.75 Å². The molecular weight excluding hydrogens is 244 g/mol. The molecule has 0 aromatic heterocycles. The predicted molar refractivity (Wildman–Crippen MR) is 84.5 cm³/mol. The third-order valence-electron chi connectivity index (χ3n) is 3.90. The molecule has 0 saturated heterocycles. The Kier molecular flexibility index (Phi) is 3.42. The predicted octanol–water partition coefficient (Wildman–Crippen LogP) is 5.00. The van der Waals surface area contributed by atoms with E-state index in [4.69, 9.17) is 4.74 Å². The van der Waals surface area contributed by atoms with Crippen LogP contribution in [-0.4, -0.2) is 7.11 Å². The van der Waals surface area contributed by atoms with E-state index in [1.165, 1.54) is 21.9 Å². The first-order valence-electron chi connectivity index (χ1n) is 6.92. The van der Waals surface area contributed by atoms with E-state index in [1.54, 1.807) is 7.11 Å². The Morgan fingerprint density at radius 3 is 2.10 bits per heavy atom. The van der Waals surface area contributed by atoms with Crippen LogP contribution in [-0.2, 0) is 0 Å². The van der Waals surface area contributed by atoms with Gasteiger partial charge in [-0.15, -0.1) is 0 Å². The fourth-order valence-corrected chi connectivity index (χ4v) is 2.77. The van der Waals surface area contributed by atoms with Crippen molar-refractivity contribution in [3.05, 3.63) is 77.9 Å². The summed E-state index contributed by atoms with van der Waals surface area (Å²) in [6.07, 6.45) is 0. The molecule has 3 aromatic rings. The lowest BCUT2D eigenvalue weighted by atomic mass is 9.89. The Bertz CT molecular complexity index is 716. The Balaban J connectivity index is 2.18. The fourth-order valence-electron chi connectivity index (χ4n) is 2.77. The summed E-state index contributed by atoms with van der Waals surface area (Å²) in [6.45, 7) is 2.25. The van der Waals surface area contributed by atoms with Crippen LogP contribution in [0.3, 0.4) is 0 Å². The van der Waals surface area contributed by atoms with Crippen molar-refractivity contribution in [2.24, 2.45) is 0 Å². The summed E-state index contributed by atoms with van der Waals surface area (Å²) in [7, 11) is 1.72. The van der Waals surface area contributed by atoms with Crippen LogP contribution in [0, 0.1) is 0 Å². The number of methoxy groups -OCH3 is 1. The average Bonchev–Trinajstić information content (AvgIpc) is 2.54. The van der Waals surface area contributed by atoms with Gasteiger partial charge in [-0.2, -0.15) is 0 Å². The van der Waals surface area contributed by atoms with Crippen LogP contribution in [0.1, 0.15) is 24.0 Å². The minimum atomic E-state index is 0.368. The lowest BCUT2D eigenvalue weighted by molar-refractivity contribution is 0.419. The maximum Gasteiger partial charge on any atom is 0.126 e. The van der Waals surface area contributed by atoms with Crippen LogP contribution in [0.4, 0.5) is 0 Å². The highest BCUT2D eigenvalue weighted by Gasteiger charge is 2.13. The second kappa shape index (κ2) is 5.38. The van der Waals surface area contributed by atoms with Crippen molar-refractivity contribution < 1.29 is 4.74 Å². The van der Waals surface area contributed by atoms with Gasteiger partial charge in [-0.1, -0.05) is 67.6 Å². The first-order chi connectivity index (χ1) is 9.81. The summed E-state index contributed by atoms with van der Waals surface area (Å²) in [5, 5.41) is 2.44. The Morgan fingerprint density at radius 1 is 0.750 bits per heavy atom. The summed E-state index contributed by atoms with van der Waals surface area (Å²) < 4.78 is 5.47. The summed E-state index contributed by atoms with van der Waals surface area (Å²) in [5.41, 5.74) is 2.68. The molecule has 20 heavy (non-hydrogen) atoms. The Labute approximate surface area is 119 Å². The van der Waals surface area contributed by atoms with Crippen LogP contribution in [0.2, 0.25) is 0 Å². The van der Waals surface area contributed by atoms with Crippen molar-refractivity contribution in [1.29, 1.82) is 0 Å². The molecule has 1 unspecified atom stereocenters. The second-order valence-corrected chi connectivity index (χ2v) is 5.04. The molecule has 0 amide bonds. The van der Waals surface area contributed by atoms with Gasteiger partial charge in [0.2, 0.25) is 0 Å². The zero-order valence-electron chi connectivity index (χ0n) is 11.8. The van der Waals surface area contributed by atoms with Crippen LogP contribution < -0.4 is 4.74 Å². The van der Waals surface area contributed by atoms with Gasteiger partial charge in [0.25, 0.3) is 0 Å². The molecule has 0 aliphatic rings. The number of fused-ring (bicyclic) bond motifs is 1. The normalized spacial score (nSPS) is 12.3. The van der Waals surface area contributed by atoms with E-state index in [0.717, 1.165) is 5.75 Å². The molecule has 0 heterocycles. The molecule has 0 spiro atoms. The minimum absolute atomic E-state index is 0.368. The zero-order chi connectivity index (χ0) is 13.9. The van der Waals surface area contributed by atoms with Crippen LogP contribution >= 0.6 is 0 Å². The summed E-state index contributed by atoms with van der Waals surface area (Å²) in [6, 6.07) is 23.3. The van der Waals surface area contributed by atoms with E-state index in [-0.39, 0.29) is 0 Å². The molecule has 3 aromatic carbocycles. The molecule has 0 N–H and O–H groups in total. The molecule has 1 heteroatoms. The molecule has 0 bridgehead atoms. The molecule has 0 radical (unpaired) electrons. The maximum absolute atomic E-state index is 5.47. The quantitative estimate of drug-likeness (QED) is 0.645. The van der Waals surface area contributed by atoms with Gasteiger partial charge in [-0.25, -0.2) is 0 Å². The largest absolute Gasteiger partial charge is 0.496 e. The monoisotopic (exact) mass is 262 g/mol. The molecule has 0 aliphatic heterocycles. The maximum atomic E-state index is 5.47. The van der Waals surface area contributed by atoms with Crippen LogP contribution in [0.15, 0.2) is 66.7 Å². The standard InChI is InChI=1S/C19H18O/c1-14(15-8-4-3-5-9-15)16-12-13-19(20-2)18-11-7-6-10-17(16)18/h3-14H,1-2H3. The van der Waals surface area contributed by atoms with Crippen molar-refractivity contribution in [2.45, 2.75) is 12.8 Å². The van der Waals surface area contributed by atoms with E-state index in [9.17, 15) is 0 Å². The van der Waals surface area contributed by atoms with Gasteiger partial charge in [-0.3, -0.25) is 0 Å². The molecule has 1 nitrogen and oxygen atoms in total. The molecule has 0 fully saturated rings. The Morgan fingerprint density at radius 2 is 1.40 bits per heavy atom. The number of ether oxygens (including phenoxy) is 1. The third kappa shape index (κ3) is 2.16. The van der Waals surface area contributed by atoms with E-state index >= 15 is 0 Å². The summed E-state index contributed by atoms with van der Waals surface area (Å²) >= 11 is 0. The molecule has 0 aliphatic carbocycles. The van der Waals surface area contributed by atoms with Crippen molar-refractivity contribution in [3.63, 3.8) is 0 Å². The highest BCUT2D eigenvalue weighted by molar-refractivity contribution is 5.91. The van der Waals surface area contributed by atoms with Gasteiger partial charge in [0.15, 0.2) is 0 Å². The molecular formula is C19H18O. The number of benzene rings is 3. The van der Waals surface area contributed by atoms with Crippen LogP contribution in [0.5, 0.6) is 5.75 Å². The van der Waals surface area contributed by atoms with E-state index in [0.29, 0.717) is 5.92 Å². The third-order valence-corrected chi connectivity index (χ3v) is 3.90.